The summed E-state index contributed by atoms with van der Waals surface area (Å²) in [5, 5.41) is 8.88. The Morgan fingerprint density at radius 2 is 1.91 bits per heavy atom. The number of aromatic nitrogens is 2. The zero-order valence-corrected chi connectivity index (χ0v) is 12.1. The average molecular weight is 301 g/mol. The van der Waals surface area contributed by atoms with E-state index in [2.05, 4.69) is 21.8 Å². The van der Waals surface area contributed by atoms with Crippen LogP contribution >= 0.6 is 0 Å². The van der Waals surface area contributed by atoms with Crippen LogP contribution in [0.25, 0.3) is 0 Å². The highest BCUT2D eigenvalue weighted by atomic mass is 19.1. The third kappa shape index (κ3) is 2.77. The molecule has 2 unspecified atom stereocenters. The van der Waals surface area contributed by atoms with Gasteiger partial charge < -0.3 is 10.0 Å². The molecule has 1 saturated heterocycles. The van der Waals surface area contributed by atoms with Crippen molar-refractivity contribution >= 4 is 11.9 Å². The number of carbonyl (C=O) groups is 1. The highest BCUT2D eigenvalue weighted by molar-refractivity contribution is 5.86. The molecule has 2 heterocycles. The molecule has 22 heavy (non-hydrogen) atoms. The van der Waals surface area contributed by atoms with Gasteiger partial charge in [0.2, 0.25) is 5.95 Å². The molecule has 0 radical (unpaired) electrons. The predicted molar refractivity (Wildman–Crippen MR) is 79.6 cm³/mol. The summed E-state index contributed by atoms with van der Waals surface area (Å²) < 4.78 is 13.0. The molecular weight excluding hydrogens is 285 g/mol. The average Bonchev–Trinajstić information content (AvgIpc) is 2.90. The highest BCUT2D eigenvalue weighted by Crippen LogP contribution is 2.33. The van der Waals surface area contributed by atoms with Crippen LogP contribution in [0.2, 0.25) is 0 Å². The standard InChI is InChI=1S/C16H16FN3O2/c1-10-6-12(11-2-4-14(17)5-3-11)9-20(10)16-18-7-13(8-19-16)15(21)22/h2-5,7-8,10,12H,6,9H2,1H3,(H,21,22). The first kappa shape index (κ1) is 14.4. The molecule has 3 rings (SSSR count). The van der Waals surface area contributed by atoms with Crippen molar-refractivity contribution in [1.82, 2.24) is 9.97 Å². The lowest BCUT2D eigenvalue weighted by molar-refractivity contribution is 0.0696. The summed E-state index contributed by atoms with van der Waals surface area (Å²) in [4.78, 5) is 21.2. The maximum atomic E-state index is 13.0. The second-order valence-corrected chi connectivity index (χ2v) is 5.56. The molecule has 1 aromatic heterocycles. The molecule has 5 nitrogen and oxygen atoms in total. The summed E-state index contributed by atoms with van der Waals surface area (Å²) >= 11 is 0. The maximum Gasteiger partial charge on any atom is 0.338 e. The van der Waals surface area contributed by atoms with Gasteiger partial charge in [-0.25, -0.2) is 19.2 Å². The van der Waals surface area contributed by atoms with Gasteiger partial charge in [-0.3, -0.25) is 0 Å². The Hall–Kier alpha value is -2.50. The van der Waals surface area contributed by atoms with E-state index in [-0.39, 0.29) is 17.4 Å². The van der Waals surface area contributed by atoms with Gasteiger partial charge in [0.15, 0.2) is 0 Å². The largest absolute Gasteiger partial charge is 0.478 e. The van der Waals surface area contributed by atoms with Crippen LogP contribution in [0.3, 0.4) is 0 Å². The zero-order chi connectivity index (χ0) is 15.7. The summed E-state index contributed by atoms with van der Waals surface area (Å²) in [6, 6.07) is 6.81. The summed E-state index contributed by atoms with van der Waals surface area (Å²) in [7, 11) is 0. The van der Waals surface area contributed by atoms with Gasteiger partial charge in [-0.1, -0.05) is 12.1 Å². The van der Waals surface area contributed by atoms with Crippen LogP contribution < -0.4 is 4.90 Å². The van der Waals surface area contributed by atoms with Crippen LogP contribution in [0, 0.1) is 5.82 Å². The lowest BCUT2D eigenvalue weighted by Crippen LogP contribution is -2.28. The first-order valence-corrected chi connectivity index (χ1v) is 7.12. The van der Waals surface area contributed by atoms with Gasteiger partial charge in [-0.15, -0.1) is 0 Å². The van der Waals surface area contributed by atoms with Crippen LogP contribution in [-0.4, -0.2) is 33.6 Å². The van der Waals surface area contributed by atoms with E-state index < -0.39 is 5.97 Å². The fourth-order valence-electron chi connectivity index (χ4n) is 2.87. The van der Waals surface area contributed by atoms with Gasteiger partial charge in [0.05, 0.1) is 5.56 Å². The number of anilines is 1. The molecule has 114 valence electrons. The molecule has 1 aliphatic heterocycles. The van der Waals surface area contributed by atoms with E-state index in [0.717, 1.165) is 18.5 Å². The summed E-state index contributed by atoms with van der Waals surface area (Å²) in [6.07, 6.45) is 3.57. The minimum Gasteiger partial charge on any atom is -0.478 e. The van der Waals surface area contributed by atoms with Crippen molar-refractivity contribution in [1.29, 1.82) is 0 Å². The number of benzene rings is 1. The molecule has 0 saturated carbocycles. The zero-order valence-electron chi connectivity index (χ0n) is 12.1. The maximum absolute atomic E-state index is 13.0. The first-order valence-electron chi connectivity index (χ1n) is 7.12. The molecule has 0 spiro atoms. The smallest absolute Gasteiger partial charge is 0.338 e. The van der Waals surface area contributed by atoms with Crippen molar-refractivity contribution in [2.24, 2.45) is 0 Å². The van der Waals surface area contributed by atoms with Crippen LogP contribution in [0.5, 0.6) is 0 Å². The number of halogens is 1. The fraction of sp³-hybridized carbons (Fsp3) is 0.312. The van der Waals surface area contributed by atoms with Crippen molar-refractivity contribution in [2.45, 2.75) is 25.3 Å². The lowest BCUT2D eigenvalue weighted by Gasteiger charge is -2.21. The van der Waals surface area contributed by atoms with E-state index in [0.29, 0.717) is 11.9 Å². The van der Waals surface area contributed by atoms with Crippen LogP contribution in [0.15, 0.2) is 36.7 Å². The van der Waals surface area contributed by atoms with Gasteiger partial charge >= 0.3 is 5.97 Å². The normalized spacial score (nSPS) is 21.1. The van der Waals surface area contributed by atoms with Crippen molar-refractivity contribution in [3.63, 3.8) is 0 Å². The number of carboxylic acid groups (broad SMARTS) is 1. The molecule has 6 heteroatoms. The number of hydrogen-bond donors (Lipinski definition) is 1. The van der Waals surface area contributed by atoms with Crippen LogP contribution in [0.1, 0.15) is 35.2 Å². The predicted octanol–water partition coefficient (Wildman–Crippen LogP) is 2.70. The Morgan fingerprint density at radius 1 is 1.27 bits per heavy atom. The molecular formula is C16H16FN3O2. The summed E-state index contributed by atoms with van der Waals surface area (Å²) in [5.41, 5.74) is 1.17. The molecule has 0 amide bonds. The molecule has 1 N–H and O–H groups in total. The van der Waals surface area contributed by atoms with E-state index in [1.54, 1.807) is 0 Å². The van der Waals surface area contributed by atoms with E-state index in [9.17, 15) is 9.18 Å². The van der Waals surface area contributed by atoms with E-state index in [4.69, 9.17) is 5.11 Å². The molecule has 0 aliphatic carbocycles. The number of aromatic carboxylic acids is 1. The summed E-state index contributed by atoms with van der Waals surface area (Å²) in [5.74, 6) is -0.454. The topological polar surface area (TPSA) is 66.3 Å². The van der Waals surface area contributed by atoms with Gasteiger partial charge in [0, 0.05) is 30.9 Å². The Kier molecular flexibility index (Phi) is 3.75. The van der Waals surface area contributed by atoms with Crippen molar-refractivity contribution < 1.29 is 14.3 Å². The van der Waals surface area contributed by atoms with Crippen molar-refractivity contribution in [2.75, 3.05) is 11.4 Å². The third-order valence-electron chi connectivity index (χ3n) is 4.06. The lowest BCUT2D eigenvalue weighted by atomic mass is 9.97. The summed E-state index contributed by atoms with van der Waals surface area (Å²) in [6.45, 7) is 2.82. The second kappa shape index (κ2) is 5.71. The highest BCUT2D eigenvalue weighted by Gasteiger charge is 2.31. The molecule has 1 aliphatic rings. The SMILES string of the molecule is CC1CC(c2ccc(F)cc2)CN1c1ncc(C(=O)O)cn1. The Labute approximate surface area is 127 Å². The van der Waals surface area contributed by atoms with Crippen LogP contribution in [0.4, 0.5) is 10.3 Å². The van der Waals surface area contributed by atoms with Crippen molar-refractivity contribution in [3.05, 3.63) is 53.6 Å². The second-order valence-electron chi connectivity index (χ2n) is 5.56. The van der Waals surface area contributed by atoms with E-state index in [1.807, 2.05) is 12.1 Å². The molecule has 1 aromatic carbocycles. The Morgan fingerprint density at radius 3 is 2.50 bits per heavy atom. The number of carboxylic acids is 1. The minimum atomic E-state index is -1.04. The van der Waals surface area contributed by atoms with Crippen molar-refractivity contribution in [3.8, 4) is 0 Å². The first-order chi connectivity index (χ1) is 10.5. The molecule has 2 aromatic rings. The van der Waals surface area contributed by atoms with Gasteiger partial charge in [-0.2, -0.15) is 0 Å². The fourth-order valence-corrected chi connectivity index (χ4v) is 2.87. The number of nitrogens with zero attached hydrogens (tertiary/aromatic N) is 3. The Bertz CT molecular complexity index is 673. The van der Waals surface area contributed by atoms with Gasteiger partial charge in [-0.05, 0) is 31.0 Å². The molecule has 2 atom stereocenters. The molecule has 1 fully saturated rings. The third-order valence-corrected chi connectivity index (χ3v) is 4.06. The van der Waals surface area contributed by atoms with Crippen LogP contribution in [-0.2, 0) is 0 Å². The number of rotatable bonds is 3. The Balaban J connectivity index is 1.78. The monoisotopic (exact) mass is 301 g/mol. The van der Waals surface area contributed by atoms with Gasteiger partial charge in [0.25, 0.3) is 0 Å². The molecule has 0 bridgehead atoms. The number of hydrogen-bond acceptors (Lipinski definition) is 4. The van der Waals surface area contributed by atoms with E-state index in [1.165, 1.54) is 24.5 Å². The van der Waals surface area contributed by atoms with Gasteiger partial charge in [0.1, 0.15) is 5.82 Å². The minimum absolute atomic E-state index is 0.0747. The quantitative estimate of drug-likeness (QED) is 0.944. The van der Waals surface area contributed by atoms with E-state index >= 15 is 0 Å².